The molecule has 0 N–H and O–H groups in total. The molecule has 164 valence electrons. The van der Waals surface area contributed by atoms with Crippen LogP contribution in [-0.2, 0) is 30.9 Å². The van der Waals surface area contributed by atoms with Crippen LogP contribution in [0.1, 0.15) is 19.8 Å². The molecule has 1 fully saturated rings. The van der Waals surface area contributed by atoms with E-state index in [1.54, 1.807) is 22.9 Å². The quantitative estimate of drug-likeness (QED) is 0.506. The Labute approximate surface area is 187 Å². The van der Waals surface area contributed by atoms with Gasteiger partial charge in [-0.15, -0.1) is 11.3 Å². The normalized spacial score (nSPS) is 18.0. The highest BCUT2D eigenvalue weighted by atomic mass is 32.2. The molecule has 1 unspecified atom stereocenters. The van der Waals surface area contributed by atoms with Crippen molar-refractivity contribution in [2.45, 2.75) is 36.6 Å². The van der Waals surface area contributed by atoms with Crippen molar-refractivity contribution in [1.29, 1.82) is 0 Å². The number of sulfonamides is 1. The molecular weight excluding hydrogens is 458 g/mol. The molecule has 3 heterocycles. The summed E-state index contributed by atoms with van der Waals surface area (Å²) in [6, 6.07) is 9.79. The molecule has 3 aromatic rings. The van der Waals surface area contributed by atoms with Crippen molar-refractivity contribution in [3.63, 3.8) is 0 Å². The van der Waals surface area contributed by atoms with Gasteiger partial charge in [-0.2, -0.15) is 9.30 Å². The lowest BCUT2D eigenvalue weighted by molar-refractivity contribution is -0.143. The van der Waals surface area contributed by atoms with E-state index in [9.17, 15) is 18.0 Å². The van der Waals surface area contributed by atoms with Gasteiger partial charge in [0.25, 0.3) is 15.9 Å². The fourth-order valence-corrected chi connectivity index (χ4v) is 7.37. The number of benzene rings is 1. The van der Waals surface area contributed by atoms with Gasteiger partial charge in [0.05, 0.1) is 16.8 Å². The number of hydrogen-bond donors (Lipinski definition) is 0. The Kier molecular flexibility index (Phi) is 6.37. The van der Waals surface area contributed by atoms with Crippen LogP contribution in [-0.4, -0.2) is 48.4 Å². The summed E-state index contributed by atoms with van der Waals surface area (Å²) in [7, 11) is -3.75. The van der Waals surface area contributed by atoms with E-state index >= 15 is 0 Å². The van der Waals surface area contributed by atoms with E-state index in [-0.39, 0.29) is 23.9 Å². The van der Waals surface area contributed by atoms with Gasteiger partial charge in [0.1, 0.15) is 16.8 Å². The van der Waals surface area contributed by atoms with Gasteiger partial charge in [-0.3, -0.25) is 9.59 Å². The zero-order valence-corrected chi connectivity index (χ0v) is 19.2. The van der Waals surface area contributed by atoms with Crippen LogP contribution in [0.5, 0.6) is 0 Å². The summed E-state index contributed by atoms with van der Waals surface area (Å²) in [5.74, 6) is -0.954. The van der Waals surface area contributed by atoms with E-state index in [1.807, 2.05) is 24.3 Å². The summed E-state index contributed by atoms with van der Waals surface area (Å²) in [6.07, 6.45) is 1.00. The van der Waals surface area contributed by atoms with Gasteiger partial charge in [-0.1, -0.05) is 29.5 Å². The van der Waals surface area contributed by atoms with Crippen LogP contribution >= 0.6 is 22.7 Å². The first-order valence-electron chi connectivity index (χ1n) is 9.79. The molecule has 0 aliphatic carbocycles. The molecule has 0 saturated carbocycles. The van der Waals surface area contributed by atoms with Gasteiger partial charge in [0.15, 0.2) is 4.80 Å². The van der Waals surface area contributed by atoms with Crippen LogP contribution < -0.4 is 4.80 Å². The van der Waals surface area contributed by atoms with Gasteiger partial charge in [0, 0.05) is 6.54 Å². The second kappa shape index (κ2) is 9.03. The number of thiazole rings is 1. The van der Waals surface area contributed by atoms with E-state index in [1.165, 1.54) is 21.7 Å². The lowest BCUT2D eigenvalue weighted by Gasteiger charge is -2.20. The van der Waals surface area contributed by atoms with Crippen molar-refractivity contribution in [3.05, 3.63) is 46.6 Å². The molecule has 8 nitrogen and oxygen atoms in total. The van der Waals surface area contributed by atoms with Crippen molar-refractivity contribution in [2.75, 3.05) is 13.2 Å². The molecule has 1 atom stereocenters. The first-order chi connectivity index (χ1) is 14.9. The number of amides is 1. The molecule has 0 spiro atoms. The third-order valence-corrected chi connectivity index (χ3v) is 9.27. The number of nitrogens with zero attached hydrogens (tertiary/aromatic N) is 3. The van der Waals surface area contributed by atoms with Crippen LogP contribution in [0.2, 0.25) is 0 Å². The van der Waals surface area contributed by atoms with Crippen molar-refractivity contribution < 1.29 is 22.7 Å². The lowest BCUT2D eigenvalue weighted by atomic mass is 10.2. The zero-order chi connectivity index (χ0) is 22.0. The minimum atomic E-state index is -3.75. The minimum absolute atomic E-state index is 0.0775. The summed E-state index contributed by atoms with van der Waals surface area (Å²) in [6.45, 7) is 2.18. The van der Waals surface area contributed by atoms with Gasteiger partial charge in [-0.25, -0.2) is 8.42 Å². The Bertz CT molecular complexity index is 1270. The number of aromatic nitrogens is 1. The van der Waals surface area contributed by atoms with E-state index < -0.39 is 27.9 Å². The highest BCUT2D eigenvalue weighted by Gasteiger charge is 2.40. The van der Waals surface area contributed by atoms with Gasteiger partial charge >= 0.3 is 5.97 Å². The number of fused-ring (bicyclic) bond motifs is 1. The van der Waals surface area contributed by atoms with Crippen LogP contribution in [0.3, 0.4) is 0 Å². The molecule has 11 heteroatoms. The zero-order valence-electron chi connectivity index (χ0n) is 16.8. The summed E-state index contributed by atoms with van der Waals surface area (Å²) < 4.78 is 35.0. The Morgan fingerprint density at radius 2 is 2.03 bits per heavy atom. The van der Waals surface area contributed by atoms with Crippen molar-refractivity contribution >= 4 is 54.8 Å². The average molecular weight is 480 g/mol. The summed E-state index contributed by atoms with van der Waals surface area (Å²) in [5.41, 5.74) is 0.765. The summed E-state index contributed by atoms with van der Waals surface area (Å²) in [4.78, 5) is 29.8. The minimum Gasteiger partial charge on any atom is -0.465 e. The number of carbonyl (C=O) groups is 2. The molecule has 4 rings (SSSR count). The van der Waals surface area contributed by atoms with Crippen LogP contribution in [0.15, 0.2) is 51.0 Å². The van der Waals surface area contributed by atoms with Crippen molar-refractivity contribution in [2.24, 2.45) is 4.99 Å². The molecule has 0 bridgehead atoms. The number of ether oxygens (including phenoxy) is 1. The Morgan fingerprint density at radius 3 is 2.77 bits per heavy atom. The van der Waals surface area contributed by atoms with Gasteiger partial charge in [0.2, 0.25) is 0 Å². The standard InChI is InChI=1S/C20H21N3O5S3/c1-2-28-17(24)13-22-14-7-3-4-9-16(14)30-20(22)21-19(25)15-8-5-11-23(15)31(26,27)18-10-6-12-29-18/h3-4,6-7,9-10,12,15H,2,5,8,11,13H2,1H3. The summed E-state index contributed by atoms with van der Waals surface area (Å²) >= 11 is 2.41. The highest BCUT2D eigenvalue weighted by Crippen LogP contribution is 2.29. The molecule has 2 aromatic heterocycles. The smallest absolute Gasteiger partial charge is 0.326 e. The van der Waals surface area contributed by atoms with Gasteiger partial charge < -0.3 is 9.30 Å². The molecule has 0 radical (unpaired) electrons. The van der Waals surface area contributed by atoms with E-state index in [2.05, 4.69) is 4.99 Å². The lowest BCUT2D eigenvalue weighted by Crippen LogP contribution is -2.40. The third kappa shape index (κ3) is 4.36. The Balaban J connectivity index is 1.71. The van der Waals surface area contributed by atoms with Crippen LogP contribution in [0.4, 0.5) is 0 Å². The molecule has 31 heavy (non-hydrogen) atoms. The van der Waals surface area contributed by atoms with E-state index in [0.717, 1.165) is 21.6 Å². The predicted molar refractivity (Wildman–Crippen MR) is 118 cm³/mol. The maximum Gasteiger partial charge on any atom is 0.326 e. The predicted octanol–water partition coefficient (Wildman–Crippen LogP) is 2.61. The Hall–Kier alpha value is -2.34. The van der Waals surface area contributed by atoms with Crippen LogP contribution in [0, 0.1) is 0 Å². The van der Waals surface area contributed by atoms with Crippen molar-refractivity contribution in [1.82, 2.24) is 8.87 Å². The fourth-order valence-electron chi connectivity index (χ4n) is 3.56. The van der Waals surface area contributed by atoms with E-state index in [4.69, 9.17) is 4.74 Å². The van der Waals surface area contributed by atoms with E-state index in [0.29, 0.717) is 17.6 Å². The first kappa shape index (κ1) is 21.9. The molecule has 1 aliphatic rings. The van der Waals surface area contributed by atoms with Gasteiger partial charge in [-0.05, 0) is 43.3 Å². The van der Waals surface area contributed by atoms with Crippen LogP contribution in [0.25, 0.3) is 10.2 Å². The second-order valence-corrected chi connectivity index (χ2v) is 11.0. The largest absolute Gasteiger partial charge is 0.465 e. The SMILES string of the molecule is CCOC(=O)Cn1c(=NC(=O)C2CCCN2S(=O)(=O)c2cccs2)sc2ccccc21. The number of hydrogen-bond acceptors (Lipinski definition) is 7. The maximum atomic E-state index is 13.1. The monoisotopic (exact) mass is 479 g/mol. The number of thiophene rings is 1. The number of esters is 1. The molecule has 1 amide bonds. The number of para-hydroxylation sites is 1. The number of carbonyl (C=O) groups excluding carboxylic acids is 2. The fraction of sp³-hybridized carbons (Fsp3) is 0.350. The maximum absolute atomic E-state index is 13.1. The third-order valence-electron chi connectivity index (χ3n) is 4.93. The van der Waals surface area contributed by atoms with Crippen molar-refractivity contribution in [3.8, 4) is 0 Å². The first-order valence-corrected chi connectivity index (χ1v) is 12.9. The molecule has 1 saturated heterocycles. The highest BCUT2D eigenvalue weighted by molar-refractivity contribution is 7.91. The molecular formula is C20H21N3O5S3. The molecule has 1 aromatic carbocycles. The topological polar surface area (TPSA) is 98.0 Å². The molecule has 1 aliphatic heterocycles. The Morgan fingerprint density at radius 1 is 1.23 bits per heavy atom. The second-order valence-electron chi connectivity index (χ2n) is 6.90. The average Bonchev–Trinajstić information content (AvgIpc) is 3.49. The summed E-state index contributed by atoms with van der Waals surface area (Å²) in [5, 5.41) is 1.69. The number of rotatable bonds is 6.